The van der Waals surface area contributed by atoms with E-state index in [2.05, 4.69) is 10.2 Å². The third kappa shape index (κ3) is 4.13. The molecular formula is C20H25N3O4. The molecule has 1 amide bonds. The Balaban J connectivity index is 1.83. The maximum absolute atomic E-state index is 13.0. The lowest BCUT2D eigenvalue weighted by molar-refractivity contribution is -0.159. The average molecular weight is 371 g/mol. The summed E-state index contributed by atoms with van der Waals surface area (Å²) in [5.41, 5.74) is 1.62. The molecule has 1 aromatic carbocycles. The fourth-order valence-corrected chi connectivity index (χ4v) is 3.25. The van der Waals surface area contributed by atoms with E-state index in [-0.39, 0.29) is 11.9 Å². The van der Waals surface area contributed by atoms with Crippen molar-refractivity contribution in [2.45, 2.75) is 45.3 Å². The molecule has 0 bridgehead atoms. The van der Waals surface area contributed by atoms with E-state index in [4.69, 9.17) is 9.47 Å². The maximum Gasteiger partial charge on any atom is 0.329 e. The van der Waals surface area contributed by atoms with E-state index in [1.54, 1.807) is 36.5 Å². The molecule has 0 saturated carbocycles. The second-order valence-corrected chi connectivity index (χ2v) is 7.59. The van der Waals surface area contributed by atoms with Gasteiger partial charge in [0, 0.05) is 29.4 Å². The number of esters is 1. The summed E-state index contributed by atoms with van der Waals surface area (Å²) in [5.74, 6) is 0.0333. The van der Waals surface area contributed by atoms with Gasteiger partial charge in [-0.15, -0.1) is 0 Å². The van der Waals surface area contributed by atoms with E-state index in [0.29, 0.717) is 24.3 Å². The summed E-state index contributed by atoms with van der Waals surface area (Å²) in [5, 5.41) is 6.71. The van der Waals surface area contributed by atoms with Gasteiger partial charge in [-0.1, -0.05) is 0 Å². The molecule has 27 heavy (non-hydrogen) atoms. The zero-order valence-electron chi connectivity index (χ0n) is 16.1. The van der Waals surface area contributed by atoms with Crippen molar-refractivity contribution in [1.82, 2.24) is 15.1 Å². The van der Waals surface area contributed by atoms with Crippen molar-refractivity contribution in [2.24, 2.45) is 0 Å². The number of carbonyl (C=O) groups excluding carboxylic acids is 2. The van der Waals surface area contributed by atoms with Gasteiger partial charge in [0.2, 0.25) is 0 Å². The van der Waals surface area contributed by atoms with E-state index in [1.165, 1.54) is 0 Å². The Morgan fingerprint density at radius 1 is 1.30 bits per heavy atom. The molecule has 0 radical (unpaired) electrons. The van der Waals surface area contributed by atoms with Crippen molar-refractivity contribution in [2.75, 3.05) is 13.7 Å². The van der Waals surface area contributed by atoms with Crippen LogP contribution < -0.4 is 4.74 Å². The number of aromatic amines is 1. The first-order chi connectivity index (χ1) is 12.8. The van der Waals surface area contributed by atoms with Crippen LogP contribution in [0.15, 0.2) is 30.6 Å². The summed E-state index contributed by atoms with van der Waals surface area (Å²) in [6, 6.07) is 4.73. The monoisotopic (exact) mass is 371 g/mol. The van der Waals surface area contributed by atoms with Crippen LogP contribution in [0.1, 0.15) is 44.0 Å². The second-order valence-electron chi connectivity index (χ2n) is 7.59. The molecule has 1 fully saturated rings. The molecule has 1 N–H and O–H groups in total. The first-order valence-corrected chi connectivity index (χ1v) is 9.01. The van der Waals surface area contributed by atoms with Crippen LogP contribution in [0.25, 0.3) is 11.1 Å². The third-order valence-electron chi connectivity index (χ3n) is 4.45. The Bertz CT molecular complexity index is 824. The quantitative estimate of drug-likeness (QED) is 0.835. The number of H-pyrrole nitrogens is 1. The molecule has 1 aromatic heterocycles. The number of benzene rings is 1. The molecule has 144 valence electrons. The van der Waals surface area contributed by atoms with Crippen molar-refractivity contribution >= 4 is 11.9 Å². The van der Waals surface area contributed by atoms with Gasteiger partial charge in [0.1, 0.15) is 17.4 Å². The topological polar surface area (TPSA) is 84.5 Å². The Labute approximate surface area is 158 Å². The van der Waals surface area contributed by atoms with Gasteiger partial charge in [0.15, 0.2) is 0 Å². The highest BCUT2D eigenvalue weighted by molar-refractivity contribution is 5.98. The van der Waals surface area contributed by atoms with Crippen LogP contribution in [0.2, 0.25) is 0 Å². The van der Waals surface area contributed by atoms with Crippen LogP contribution in [-0.4, -0.2) is 52.3 Å². The number of hydrogen-bond acceptors (Lipinski definition) is 5. The Morgan fingerprint density at radius 2 is 2.07 bits per heavy atom. The Morgan fingerprint density at radius 3 is 2.70 bits per heavy atom. The number of methoxy groups -OCH3 is 1. The highest BCUT2D eigenvalue weighted by atomic mass is 16.6. The number of aromatic nitrogens is 2. The summed E-state index contributed by atoms with van der Waals surface area (Å²) in [6.07, 6.45) is 4.85. The van der Waals surface area contributed by atoms with Crippen LogP contribution in [0.5, 0.6) is 5.75 Å². The third-order valence-corrected chi connectivity index (χ3v) is 4.45. The van der Waals surface area contributed by atoms with E-state index < -0.39 is 11.6 Å². The fraction of sp³-hybridized carbons (Fsp3) is 0.450. The van der Waals surface area contributed by atoms with Gasteiger partial charge in [0.05, 0.1) is 13.3 Å². The number of rotatable bonds is 4. The second kappa shape index (κ2) is 7.42. The van der Waals surface area contributed by atoms with Crippen molar-refractivity contribution in [3.05, 3.63) is 36.2 Å². The molecule has 3 rings (SSSR count). The molecule has 1 aliphatic rings. The van der Waals surface area contributed by atoms with Gasteiger partial charge in [-0.05, 0) is 51.8 Å². The van der Waals surface area contributed by atoms with Gasteiger partial charge in [-0.25, -0.2) is 4.79 Å². The number of likely N-dealkylation sites (tertiary alicyclic amines) is 1. The molecule has 7 heteroatoms. The first kappa shape index (κ1) is 18.9. The predicted octanol–water partition coefficient (Wildman–Crippen LogP) is 3.03. The minimum Gasteiger partial charge on any atom is -0.496 e. The SMILES string of the molecule is COc1cc(C(=O)N2CCC[C@@H]2C(=O)OC(C)(C)C)ccc1-c1cn[nH]c1. The smallest absolute Gasteiger partial charge is 0.329 e. The molecule has 0 spiro atoms. The lowest BCUT2D eigenvalue weighted by Gasteiger charge is -2.27. The molecule has 0 unspecified atom stereocenters. The Kier molecular flexibility index (Phi) is 5.21. The van der Waals surface area contributed by atoms with Crippen molar-refractivity contribution in [1.29, 1.82) is 0 Å². The van der Waals surface area contributed by atoms with Gasteiger partial charge in [-0.2, -0.15) is 5.10 Å². The van der Waals surface area contributed by atoms with Gasteiger partial charge >= 0.3 is 5.97 Å². The number of hydrogen-bond donors (Lipinski definition) is 1. The van der Waals surface area contributed by atoms with Crippen LogP contribution in [-0.2, 0) is 9.53 Å². The van der Waals surface area contributed by atoms with Crippen molar-refractivity contribution < 1.29 is 19.1 Å². The van der Waals surface area contributed by atoms with E-state index in [1.807, 2.05) is 26.8 Å². The van der Waals surface area contributed by atoms with E-state index in [0.717, 1.165) is 17.5 Å². The number of nitrogens with one attached hydrogen (secondary N) is 1. The van der Waals surface area contributed by atoms with Crippen LogP contribution >= 0.6 is 0 Å². The average Bonchev–Trinajstić information content (AvgIpc) is 3.30. The molecule has 1 aliphatic heterocycles. The molecule has 2 heterocycles. The maximum atomic E-state index is 13.0. The number of ether oxygens (including phenoxy) is 2. The first-order valence-electron chi connectivity index (χ1n) is 9.01. The number of nitrogens with zero attached hydrogens (tertiary/aromatic N) is 2. The fourth-order valence-electron chi connectivity index (χ4n) is 3.25. The lowest BCUT2D eigenvalue weighted by Crippen LogP contribution is -2.43. The Hall–Kier alpha value is -2.83. The summed E-state index contributed by atoms with van der Waals surface area (Å²) in [6.45, 7) is 6.01. The molecular weight excluding hydrogens is 346 g/mol. The highest BCUT2D eigenvalue weighted by Gasteiger charge is 2.37. The minimum atomic E-state index is -0.580. The van der Waals surface area contributed by atoms with E-state index >= 15 is 0 Å². The summed E-state index contributed by atoms with van der Waals surface area (Å²) in [7, 11) is 1.56. The molecule has 1 atom stereocenters. The van der Waals surface area contributed by atoms with Crippen molar-refractivity contribution in [3.8, 4) is 16.9 Å². The number of carbonyl (C=O) groups is 2. The molecule has 1 saturated heterocycles. The predicted molar refractivity (Wildman–Crippen MR) is 100 cm³/mol. The largest absolute Gasteiger partial charge is 0.496 e. The van der Waals surface area contributed by atoms with Crippen molar-refractivity contribution in [3.63, 3.8) is 0 Å². The van der Waals surface area contributed by atoms with E-state index in [9.17, 15) is 9.59 Å². The number of amides is 1. The molecule has 7 nitrogen and oxygen atoms in total. The standard InChI is InChI=1S/C20H25N3O4/c1-20(2,3)27-19(25)16-6-5-9-23(16)18(24)13-7-8-15(17(10-13)26-4)14-11-21-22-12-14/h7-8,10-12,16H,5-6,9H2,1-4H3,(H,21,22)/t16-/m1/s1. The summed E-state index contributed by atoms with van der Waals surface area (Å²) >= 11 is 0. The van der Waals surface area contributed by atoms with Crippen LogP contribution in [0, 0.1) is 0 Å². The summed E-state index contributed by atoms with van der Waals surface area (Å²) in [4.78, 5) is 27.1. The van der Waals surface area contributed by atoms with Crippen LogP contribution in [0.4, 0.5) is 0 Å². The molecule has 0 aliphatic carbocycles. The van der Waals surface area contributed by atoms with Gasteiger partial charge in [0.25, 0.3) is 5.91 Å². The normalized spacial score (nSPS) is 17.0. The lowest BCUT2D eigenvalue weighted by atomic mass is 10.0. The zero-order valence-corrected chi connectivity index (χ0v) is 16.1. The minimum absolute atomic E-state index is 0.194. The van der Waals surface area contributed by atoms with Crippen LogP contribution in [0.3, 0.4) is 0 Å². The van der Waals surface area contributed by atoms with Gasteiger partial charge in [-0.3, -0.25) is 9.89 Å². The summed E-state index contributed by atoms with van der Waals surface area (Å²) < 4.78 is 10.9. The molecule has 2 aromatic rings. The highest BCUT2D eigenvalue weighted by Crippen LogP contribution is 2.31. The van der Waals surface area contributed by atoms with Gasteiger partial charge < -0.3 is 14.4 Å². The zero-order chi connectivity index (χ0) is 19.6.